The lowest BCUT2D eigenvalue weighted by molar-refractivity contribution is -0.383. The first kappa shape index (κ1) is 21.8. The Morgan fingerprint density at radius 2 is 2.10 bits per heavy atom. The maximum atomic E-state index is 12.0. The van der Waals surface area contributed by atoms with Gasteiger partial charge in [0, 0.05) is 24.7 Å². The molecule has 2 aromatic rings. The number of halogens is 1. The lowest BCUT2D eigenvalue weighted by Gasteiger charge is -2.31. The summed E-state index contributed by atoms with van der Waals surface area (Å²) in [5.41, 5.74) is 1.65. The number of nitro groups is 1. The van der Waals surface area contributed by atoms with E-state index in [9.17, 15) is 14.9 Å². The van der Waals surface area contributed by atoms with Gasteiger partial charge in [-0.1, -0.05) is 23.7 Å². The molecule has 0 unspecified atom stereocenters. The molecule has 0 atom stereocenters. The van der Waals surface area contributed by atoms with E-state index in [1.54, 1.807) is 13.0 Å². The van der Waals surface area contributed by atoms with E-state index in [0.29, 0.717) is 44.1 Å². The molecule has 3 rings (SSSR count). The predicted octanol–water partition coefficient (Wildman–Crippen LogP) is 3.74. The lowest BCUT2D eigenvalue weighted by Crippen LogP contribution is -2.37. The monoisotopic (exact) mass is 433 g/mol. The van der Waals surface area contributed by atoms with Crippen LogP contribution < -0.4 is 10.2 Å². The van der Waals surface area contributed by atoms with Gasteiger partial charge < -0.3 is 15.0 Å². The number of piperidine rings is 1. The normalized spacial score (nSPS) is 14.4. The predicted molar refractivity (Wildman–Crippen MR) is 114 cm³/mol. The molecule has 0 radical (unpaired) electrons. The van der Waals surface area contributed by atoms with Crippen molar-refractivity contribution in [2.45, 2.75) is 33.2 Å². The minimum atomic E-state index is -0.478. The third kappa shape index (κ3) is 4.79. The molecule has 9 nitrogen and oxygen atoms in total. The molecule has 10 heteroatoms. The first-order valence-electron chi connectivity index (χ1n) is 9.81. The Labute approximate surface area is 179 Å². The van der Waals surface area contributed by atoms with Crippen LogP contribution in [-0.4, -0.2) is 40.6 Å². The van der Waals surface area contributed by atoms with E-state index in [2.05, 4.69) is 15.3 Å². The molecule has 1 aliphatic heterocycles. The van der Waals surface area contributed by atoms with Gasteiger partial charge in [0.15, 0.2) is 0 Å². The van der Waals surface area contributed by atoms with Crippen molar-refractivity contribution in [3.05, 3.63) is 50.8 Å². The first-order chi connectivity index (χ1) is 14.4. The second-order valence-electron chi connectivity index (χ2n) is 7.05. The Morgan fingerprint density at radius 1 is 1.37 bits per heavy atom. The molecule has 30 heavy (non-hydrogen) atoms. The molecule has 1 aliphatic rings. The maximum Gasteiger partial charge on any atom is 0.353 e. The molecular formula is C20H24ClN5O4. The van der Waals surface area contributed by atoms with E-state index >= 15 is 0 Å². The van der Waals surface area contributed by atoms with Gasteiger partial charge in [-0.3, -0.25) is 14.9 Å². The summed E-state index contributed by atoms with van der Waals surface area (Å²) in [6.45, 7) is 5.30. The topological polar surface area (TPSA) is 110 Å². The number of hydrogen-bond donors (Lipinski definition) is 1. The van der Waals surface area contributed by atoms with Gasteiger partial charge in [0.2, 0.25) is 11.6 Å². The summed E-state index contributed by atoms with van der Waals surface area (Å²) in [6, 6.07) is 5.56. The van der Waals surface area contributed by atoms with Gasteiger partial charge in [-0.15, -0.1) is 0 Å². The van der Waals surface area contributed by atoms with Crippen molar-refractivity contribution in [3.63, 3.8) is 0 Å². The van der Waals surface area contributed by atoms with Gasteiger partial charge in [-0.2, -0.15) is 0 Å². The zero-order valence-electron chi connectivity index (χ0n) is 16.9. The fourth-order valence-electron chi connectivity index (χ4n) is 3.55. The Kier molecular flexibility index (Phi) is 7.04. The Hall–Kier alpha value is -2.94. The van der Waals surface area contributed by atoms with Crippen LogP contribution in [0.15, 0.2) is 24.5 Å². The number of aromatic nitrogens is 2. The minimum absolute atomic E-state index is 0.136. The fraction of sp³-hybridized carbons (Fsp3) is 0.450. The number of nitrogens with zero attached hydrogens (tertiary/aromatic N) is 4. The van der Waals surface area contributed by atoms with Gasteiger partial charge in [0.1, 0.15) is 6.33 Å². The van der Waals surface area contributed by atoms with Crippen molar-refractivity contribution < 1.29 is 14.5 Å². The third-order valence-electron chi connectivity index (χ3n) is 5.19. The van der Waals surface area contributed by atoms with Crippen molar-refractivity contribution in [1.29, 1.82) is 0 Å². The number of rotatable bonds is 7. The Bertz CT molecular complexity index is 911. The number of benzene rings is 1. The number of anilines is 2. The van der Waals surface area contributed by atoms with Crippen molar-refractivity contribution >= 4 is 34.9 Å². The Balaban J connectivity index is 1.79. The maximum absolute atomic E-state index is 12.0. The van der Waals surface area contributed by atoms with Crippen LogP contribution >= 0.6 is 11.6 Å². The van der Waals surface area contributed by atoms with Crippen LogP contribution in [0, 0.1) is 23.0 Å². The summed E-state index contributed by atoms with van der Waals surface area (Å²) < 4.78 is 5.08. The van der Waals surface area contributed by atoms with E-state index in [0.717, 1.165) is 11.1 Å². The minimum Gasteiger partial charge on any atom is -0.466 e. The molecule has 0 aliphatic carbocycles. The van der Waals surface area contributed by atoms with E-state index < -0.39 is 4.92 Å². The van der Waals surface area contributed by atoms with Gasteiger partial charge in [-0.25, -0.2) is 9.97 Å². The summed E-state index contributed by atoms with van der Waals surface area (Å²) in [7, 11) is 0. The van der Waals surface area contributed by atoms with Crippen LogP contribution in [0.3, 0.4) is 0 Å². The smallest absolute Gasteiger partial charge is 0.353 e. The number of nitrogens with one attached hydrogen (secondary N) is 1. The highest BCUT2D eigenvalue weighted by atomic mass is 35.5. The number of aryl methyl sites for hydroxylation is 1. The van der Waals surface area contributed by atoms with Crippen molar-refractivity contribution in [1.82, 2.24) is 9.97 Å². The average Bonchev–Trinajstić information content (AvgIpc) is 2.73. The zero-order chi connectivity index (χ0) is 21.7. The SMILES string of the molecule is CCOC(=O)C1CCN(c2ncnc(NCc3c(C)cccc3Cl)c2[N+](=O)[O-])CC1. The fourth-order valence-corrected chi connectivity index (χ4v) is 3.84. The van der Waals surface area contributed by atoms with Gasteiger partial charge in [-0.05, 0) is 43.9 Å². The number of ether oxygens (including phenoxy) is 1. The van der Waals surface area contributed by atoms with Crippen LogP contribution in [0.1, 0.15) is 30.9 Å². The van der Waals surface area contributed by atoms with Crippen LogP contribution in [-0.2, 0) is 16.1 Å². The highest BCUT2D eigenvalue weighted by molar-refractivity contribution is 6.31. The molecule has 0 saturated carbocycles. The van der Waals surface area contributed by atoms with Crippen LogP contribution in [0.2, 0.25) is 5.02 Å². The van der Waals surface area contributed by atoms with E-state index in [1.807, 2.05) is 24.0 Å². The summed E-state index contributed by atoms with van der Waals surface area (Å²) in [5.74, 6) is -0.0257. The average molecular weight is 434 g/mol. The van der Waals surface area contributed by atoms with Gasteiger partial charge >= 0.3 is 11.7 Å². The molecule has 2 heterocycles. The summed E-state index contributed by atoms with van der Waals surface area (Å²) >= 11 is 6.26. The molecule has 0 amide bonds. The van der Waals surface area contributed by atoms with Crippen molar-refractivity contribution in [3.8, 4) is 0 Å². The molecule has 1 fully saturated rings. The highest BCUT2D eigenvalue weighted by Gasteiger charge is 2.32. The second-order valence-corrected chi connectivity index (χ2v) is 7.46. The summed E-state index contributed by atoms with van der Waals surface area (Å²) in [4.78, 5) is 33.4. The zero-order valence-corrected chi connectivity index (χ0v) is 17.7. The second kappa shape index (κ2) is 9.71. The van der Waals surface area contributed by atoms with Crippen LogP contribution in [0.4, 0.5) is 17.3 Å². The summed E-state index contributed by atoms with van der Waals surface area (Å²) in [5, 5.41) is 15.5. The largest absolute Gasteiger partial charge is 0.466 e. The van der Waals surface area contributed by atoms with Gasteiger partial charge in [0.05, 0.1) is 17.4 Å². The van der Waals surface area contributed by atoms with Crippen molar-refractivity contribution in [2.75, 3.05) is 29.9 Å². The molecule has 1 saturated heterocycles. The van der Waals surface area contributed by atoms with Crippen LogP contribution in [0.25, 0.3) is 0 Å². The molecule has 1 aromatic heterocycles. The molecule has 160 valence electrons. The molecule has 0 spiro atoms. The highest BCUT2D eigenvalue weighted by Crippen LogP contribution is 2.34. The van der Waals surface area contributed by atoms with E-state index in [1.165, 1.54) is 6.33 Å². The molecular weight excluding hydrogens is 410 g/mol. The van der Waals surface area contributed by atoms with Crippen molar-refractivity contribution in [2.24, 2.45) is 5.92 Å². The van der Waals surface area contributed by atoms with E-state index in [4.69, 9.17) is 16.3 Å². The van der Waals surface area contributed by atoms with Crippen LogP contribution in [0.5, 0.6) is 0 Å². The quantitative estimate of drug-likeness (QED) is 0.399. The number of esters is 1. The Morgan fingerprint density at radius 3 is 2.73 bits per heavy atom. The number of hydrogen-bond acceptors (Lipinski definition) is 8. The van der Waals surface area contributed by atoms with Gasteiger partial charge in [0.25, 0.3) is 0 Å². The first-order valence-corrected chi connectivity index (χ1v) is 10.2. The van der Waals surface area contributed by atoms with E-state index in [-0.39, 0.29) is 29.2 Å². The third-order valence-corrected chi connectivity index (χ3v) is 5.54. The number of carbonyl (C=O) groups is 1. The lowest BCUT2D eigenvalue weighted by atomic mass is 9.97. The standard InChI is InChI=1S/C20H24ClN5O4/c1-3-30-20(27)14-7-9-25(10-8-14)19-17(26(28)29)18(23-12-24-19)22-11-15-13(2)5-4-6-16(15)21/h4-6,12,14H,3,7-11H2,1-2H3,(H,22,23,24). The molecule has 0 bridgehead atoms. The molecule has 1 aromatic carbocycles. The number of carbonyl (C=O) groups excluding carboxylic acids is 1. The molecule has 1 N–H and O–H groups in total. The summed E-state index contributed by atoms with van der Waals surface area (Å²) in [6.07, 6.45) is 2.42.